The quantitative estimate of drug-likeness (QED) is 0.416. The van der Waals surface area contributed by atoms with Crippen LogP contribution in [0.3, 0.4) is 0 Å². The van der Waals surface area contributed by atoms with Gasteiger partial charge < -0.3 is 14.6 Å². The Morgan fingerprint density at radius 2 is 1.78 bits per heavy atom. The summed E-state index contributed by atoms with van der Waals surface area (Å²) in [6.45, 7) is 5.35. The second-order valence-electron chi connectivity index (χ2n) is 7.88. The van der Waals surface area contributed by atoms with E-state index >= 15 is 0 Å². The number of aromatic nitrogens is 3. The third-order valence-corrected chi connectivity index (χ3v) is 5.03. The van der Waals surface area contributed by atoms with E-state index in [9.17, 15) is 4.79 Å². The summed E-state index contributed by atoms with van der Waals surface area (Å²) in [5.74, 6) is 1.59. The molecule has 0 saturated carbocycles. The van der Waals surface area contributed by atoms with Gasteiger partial charge in [0.1, 0.15) is 12.4 Å². The summed E-state index contributed by atoms with van der Waals surface area (Å²) < 4.78 is 7.87. The molecular formula is C26H26N4O2. The van der Waals surface area contributed by atoms with E-state index in [1.807, 2.05) is 67.0 Å². The number of nitrogens with one attached hydrogen (secondary N) is 1. The van der Waals surface area contributed by atoms with Crippen LogP contribution in [0.1, 0.15) is 47.1 Å². The van der Waals surface area contributed by atoms with Crippen molar-refractivity contribution in [1.29, 1.82) is 0 Å². The van der Waals surface area contributed by atoms with Gasteiger partial charge in [-0.25, -0.2) is 9.97 Å². The van der Waals surface area contributed by atoms with Gasteiger partial charge in [-0.3, -0.25) is 4.79 Å². The molecule has 4 rings (SSSR count). The standard InChI is InChI=1S/C26H26N4O2/c1-19(2)25-28-13-14-30(25)17-21-9-6-10-23(15-21)29-26(31)22-11-12-27-24(16-22)32-18-20-7-4-3-5-8-20/h3-16,19H,17-18H2,1-2H3,(H,29,31). The minimum atomic E-state index is -0.209. The Morgan fingerprint density at radius 3 is 2.59 bits per heavy atom. The summed E-state index contributed by atoms with van der Waals surface area (Å²) >= 11 is 0. The highest BCUT2D eigenvalue weighted by Gasteiger charge is 2.11. The first-order valence-corrected chi connectivity index (χ1v) is 10.6. The highest BCUT2D eigenvalue weighted by Crippen LogP contribution is 2.18. The van der Waals surface area contributed by atoms with Crippen molar-refractivity contribution in [3.8, 4) is 5.88 Å². The van der Waals surface area contributed by atoms with E-state index in [2.05, 4.69) is 33.7 Å². The molecule has 4 aromatic rings. The molecule has 1 N–H and O–H groups in total. The van der Waals surface area contributed by atoms with Gasteiger partial charge in [0.05, 0.1) is 0 Å². The number of hydrogen-bond donors (Lipinski definition) is 1. The van der Waals surface area contributed by atoms with Crippen LogP contribution in [0.5, 0.6) is 5.88 Å². The van der Waals surface area contributed by atoms with Gasteiger partial charge in [-0.05, 0) is 29.3 Å². The van der Waals surface area contributed by atoms with Crippen molar-refractivity contribution in [2.75, 3.05) is 5.32 Å². The van der Waals surface area contributed by atoms with Crippen LogP contribution < -0.4 is 10.1 Å². The van der Waals surface area contributed by atoms with Crippen LogP contribution in [0.15, 0.2) is 85.3 Å². The minimum absolute atomic E-state index is 0.209. The molecule has 0 spiro atoms. The van der Waals surface area contributed by atoms with Crippen LogP contribution in [-0.4, -0.2) is 20.4 Å². The maximum atomic E-state index is 12.8. The number of hydrogen-bond acceptors (Lipinski definition) is 4. The van der Waals surface area contributed by atoms with Crippen molar-refractivity contribution in [2.24, 2.45) is 0 Å². The molecule has 0 aliphatic rings. The Bertz CT molecular complexity index is 1190. The van der Waals surface area contributed by atoms with E-state index in [0.717, 1.165) is 22.6 Å². The molecule has 0 saturated heterocycles. The Balaban J connectivity index is 1.41. The van der Waals surface area contributed by atoms with Crippen LogP contribution in [0.4, 0.5) is 5.69 Å². The van der Waals surface area contributed by atoms with Gasteiger partial charge in [0.2, 0.25) is 5.88 Å². The molecule has 32 heavy (non-hydrogen) atoms. The zero-order chi connectivity index (χ0) is 22.3. The number of ether oxygens (including phenoxy) is 1. The average Bonchev–Trinajstić information content (AvgIpc) is 3.27. The van der Waals surface area contributed by atoms with Gasteiger partial charge in [-0.1, -0.05) is 56.3 Å². The second kappa shape index (κ2) is 9.92. The number of benzene rings is 2. The highest BCUT2D eigenvalue weighted by atomic mass is 16.5. The van der Waals surface area contributed by atoms with Crippen LogP contribution in [0, 0.1) is 0 Å². The molecule has 0 aliphatic heterocycles. The fourth-order valence-electron chi connectivity index (χ4n) is 3.46. The topological polar surface area (TPSA) is 69.0 Å². The predicted octanol–water partition coefficient (Wildman–Crippen LogP) is 5.28. The lowest BCUT2D eigenvalue weighted by Gasteiger charge is -2.12. The molecule has 0 unspecified atom stereocenters. The number of amides is 1. The third kappa shape index (κ3) is 5.40. The van der Waals surface area contributed by atoms with Crippen molar-refractivity contribution >= 4 is 11.6 Å². The maximum Gasteiger partial charge on any atom is 0.255 e. The normalized spacial score (nSPS) is 10.8. The zero-order valence-electron chi connectivity index (χ0n) is 18.2. The lowest BCUT2D eigenvalue weighted by molar-refractivity contribution is 0.102. The Kier molecular flexibility index (Phi) is 6.60. The molecule has 6 nitrogen and oxygen atoms in total. The van der Waals surface area contributed by atoms with Crippen molar-refractivity contribution in [1.82, 2.24) is 14.5 Å². The number of carbonyl (C=O) groups excluding carboxylic acids is 1. The van der Waals surface area contributed by atoms with Crippen LogP contribution in [-0.2, 0) is 13.2 Å². The van der Waals surface area contributed by atoms with E-state index in [1.54, 1.807) is 18.3 Å². The summed E-state index contributed by atoms with van der Waals surface area (Å²) in [6.07, 6.45) is 5.38. The van der Waals surface area contributed by atoms with E-state index in [4.69, 9.17) is 4.74 Å². The number of anilines is 1. The van der Waals surface area contributed by atoms with Gasteiger partial charge in [0, 0.05) is 48.4 Å². The molecule has 0 fully saturated rings. The fraction of sp³-hybridized carbons (Fsp3) is 0.192. The molecule has 1 amide bonds. The van der Waals surface area contributed by atoms with Crippen molar-refractivity contribution in [3.63, 3.8) is 0 Å². The summed E-state index contributed by atoms with van der Waals surface area (Å²) in [7, 11) is 0. The molecule has 2 aromatic heterocycles. The summed E-state index contributed by atoms with van der Waals surface area (Å²) in [4.78, 5) is 21.5. The summed E-state index contributed by atoms with van der Waals surface area (Å²) in [6, 6.07) is 21.0. The third-order valence-electron chi connectivity index (χ3n) is 5.03. The van der Waals surface area contributed by atoms with E-state index in [1.165, 1.54) is 0 Å². The molecule has 0 radical (unpaired) electrons. The van der Waals surface area contributed by atoms with E-state index in [-0.39, 0.29) is 5.91 Å². The Morgan fingerprint density at radius 1 is 0.969 bits per heavy atom. The molecule has 0 aliphatic carbocycles. The van der Waals surface area contributed by atoms with Crippen molar-refractivity contribution in [2.45, 2.75) is 32.9 Å². The zero-order valence-corrected chi connectivity index (χ0v) is 18.2. The number of rotatable bonds is 8. The number of nitrogens with zero attached hydrogens (tertiary/aromatic N) is 3. The molecule has 2 aromatic carbocycles. The van der Waals surface area contributed by atoms with Gasteiger partial charge >= 0.3 is 0 Å². The molecular weight excluding hydrogens is 400 g/mol. The number of pyridine rings is 1. The highest BCUT2D eigenvalue weighted by molar-refractivity contribution is 6.04. The van der Waals surface area contributed by atoms with Crippen molar-refractivity contribution < 1.29 is 9.53 Å². The number of imidazole rings is 1. The lowest BCUT2D eigenvalue weighted by Crippen LogP contribution is -2.13. The first kappa shape index (κ1) is 21.3. The smallest absolute Gasteiger partial charge is 0.255 e. The largest absolute Gasteiger partial charge is 0.473 e. The lowest BCUT2D eigenvalue weighted by atomic mass is 10.1. The molecule has 6 heteroatoms. The molecule has 0 bridgehead atoms. The molecule has 0 atom stereocenters. The second-order valence-corrected chi connectivity index (χ2v) is 7.88. The molecule has 162 valence electrons. The summed E-state index contributed by atoms with van der Waals surface area (Å²) in [5.41, 5.74) is 3.36. The Labute approximate surface area is 187 Å². The van der Waals surface area contributed by atoms with Gasteiger partial charge in [-0.2, -0.15) is 0 Å². The van der Waals surface area contributed by atoms with Gasteiger partial charge in [0.25, 0.3) is 5.91 Å². The first-order valence-electron chi connectivity index (χ1n) is 10.6. The molecule has 2 heterocycles. The van der Waals surface area contributed by atoms with Gasteiger partial charge in [-0.15, -0.1) is 0 Å². The van der Waals surface area contributed by atoms with Gasteiger partial charge in [0.15, 0.2) is 0 Å². The summed E-state index contributed by atoms with van der Waals surface area (Å²) in [5, 5.41) is 2.97. The first-order chi connectivity index (χ1) is 15.6. The monoisotopic (exact) mass is 426 g/mol. The van der Waals surface area contributed by atoms with E-state index in [0.29, 0.717) is 30.5 Å². The average molecular weight is 427 g/mol. The maximum absolute atomic E-state index is 12.8. The van der Waals surface area contributed by atoms with E-state index < -0.39 is 0 Å². The van der Waals surface area contributed by atoms with Crippen LogP contribution in [0.2, 0.25) is 0 Å². The van der Waals surface area contributed by atoms with Crippen LogP contribution in [0.25, 0.3) is 0 Å². The van der Waals surface area contributed by atoms with Crippen molar-refractivity contribution in [3.05, 3.63) is 108 Å². The minimum Gasteiger partial charge on any atom is -0.473 e. The Hall–Kier alpha value is -3.93. The number of carbonyl (C=O) groups is 1. The SMILES string of the molecule is CC(C)c1nccn1Cc1cccc(NC(=O)c2ccnc(OCc3ccccc3)c2)c1. The predicted molar refractivity (Wildman–Crippen MR) is 125 cm³/mol. The van der Waals surface area contributed by atoms with Crippen LogP contribution >= 0.6 is 0 Å². The fourth-order valence-corrected chi connectivity index (χ4v) is 3.46.